The fourth-order valence-electron chi connectivity index (χ4n) is 2.98. The molecule has 22 heavy (non-hydrogen) atoms. The predicted molar refractivity (Wildman–Crippen MR) is 88.0 cm³/mol. The minimum absolute atomic E-state index is 0.0584. The highest BCUT2D eigenvalue weighted by Gasteiger charge is 2.18. The summed E-state index contributed by atoms with van der Waals surface area (Å²) in [7, 11) is 2.17. The van der Waals surface area contributed by atoms with Crippen molar-refractivity contribution in [1.29, 1.82) is 0 Å². The van der Waals surface area contributed by atoms with E-state index in [-0.39, 0.29) is 11.8 Å². The van der Waals surface area contributed by atoms with E-state index in [0.717, 1.165) is 31.0 Å². The second-order valence-electron chi connectivity index (χ2n) is 6.70. The highest BCUT2D eigenvalue weighted by atomic mass is 16.1. The van der Waals surface area contributed by atoms with Crippen molar-refractivity contribution in [3.8, 4) is 0 Å². The first-order valence-electron chi connectivity index (χ1n) is 8.27. The molecule has 1 aromatic rings. The normalized spacial score (nSPS) is 19.4. The molecule has 0 unspecified atom stereocenters. The third kappa shape index (κ3) is 4.50. The van der Waals surface area contributed by atoms with Crippen LogP contribution < -0.4 is 5.32 Å². The molecule has 2 rings (SSSR count). The maximum absolute atomic E-state index is 12.3. The van der Waals surface area contributed by atoms with Gasteiger partial charge in [-0.2, -0.15) is 0 Å². The first kappa shape index (κ1) is 16.9. The van der Waals surface area contributed by atoms with E-state index < -0.39 is 0 Å². The minimum Gasteiger partial charge on any atom is -0.352 e. The standard InChI is InChI=1S/C17H28N4O/c1-12(2)16-19-10-15(13(3)20-16)17(22)18-8-7-14-6-5-9-21(4)11-14/h10,12,14H,5-9,11H2,1-4H3,(H,18,22)/t14-/m0/s1. The lowest BCUT2D eigenvalue weighted by atomic mass is 9.95. The zero-order valence-electron chi connectivity index (χ0n) is 14.2. The van der Waals surface area contributed by atoms with Crippen molar-refractivity contribution in [2.24, 2.45) is 5.92 Å². The van der Waals surface area contributed by atoms with Crippen LogP contribution >= 0.6 is 0 Å². The predicted octanol–water partition coefficient (Wildman–Crippen LogP) is 2.37. The summed E-state index contributed by atoms with van der Waals surface area (Å²) in [5.41, 5.74) is 1.35. The van der Waals surface area contributed by atoms with E-state index in [1.54, 1.807) is 6.20 Å². The van der Waals surface area contributed by atoms with Gasteiger partial charge in [-0.15, -0.1) is 0 Å². The van der Waals surface area contributed by atoms with Crippen molar-refractivity contribution in [3.05, 3.63) is 23.3 Å². The lowest BCUT2D eigenvalue weighted by Gasteiger charge is -2.29. The molecule has 1 amide bonds. The van der Waals surface area contributed by atoms with Gasteiger partial charge in [0.25, 0.3) is 5.91 Å². The number of likely N-dealkylation sites (tertiary alicyclic amines) is 1. The smallest absolute Gasteiger partial charge is 0.254 e. The molecule has 1 aromatic heterocycles. The number of piperidine rings is 1. The molecule has 0 radical (unpaired) electrons. The van der Waals surface area contributed by atoms with Gasteiger partial charge in [0.1, 0.15) is 5.82 Å². The van der Waals surface area contributed by atoms with Crippen LogP contribution in [0.25, 0.3) is 0 Å². The number of amides is 1. The van der Waals surface area contributed by atoms with Crippen LogP contribution in [-0.4, -0.2) is 47.5 Å². The number of nitrogens with one attached hydrogen (secondary N) is 1. The molecular formula is C17H28N4O. The Morgan fingerprint density at radius 2 is 2.27 bits per heavy atom. The third-order valence-electron chi connectivity index (χ3n) is 4.32. The van der Waals surface area contributed by atoms with E-state index in [9.17, 15) is 4.79 Å². The highest BCUT2D eigenvalue weighted by molar-refractivity contribution is 5.94. The summed E-state index contributed by atoms with van der Waals surface area (Å²) in [6, 6.07) is 0. The summed E-state index contributed by atoms with van der Waals surface area (Å²) in [6.07, 6.45) is 5.23. The first-order valence-corrected chi connectivity index (χ1v) is 8.27. The quantitative estimate of drug-likeness (QED) is 0.907. The molecule has 5 nitrogen and oxygen atoms in total. The SMILES string of the molecule is Cc1nc(C(C)C)ncc1C(=O)NCC[C@@H]1CCCN(C)C1. The number of rotatable bonds is 5. The van der Waals surface area contributed by atoms with Crippen LogP contribution in [0.5, 0.6) is 0 Å². The van der Waals surface area contributed by atoms with Gasteiger partial charge in [-0.05, 0) is 45.7 Å². The Morgan fingerprint density at radius 1 is 1.50 bits per heavy atom. The van der Waals surface area contributed by atoms with Gasteiger partial charge in [-0.1, -0.05) is 13.8 Å². The first-order chi connectivity index (χ1) is 10.5. The molecule has 2 heterocycles. The van der Waals surface area contributed by atoms with E-state index in [1.165, 1.54) is 19.4 Å². The number of carbonyl (C=O) groups excluding carboxylic acids is 1. The van der Waals surface area contributed by atoms with Crippen molar-refractivity contribution < 1.29 is 4.79 Å². The molecule has 1 N–H and O–H groups in total. The average molecular weight is 304 g/mol. The summed E-state index contributed by atoms with van der Waals surface area (Å²) in [4.78, 5) is 23.3. The number of aromatic nitrogens is 2. The van der Waals surface area contributed by atoms with Gasteiger partial charge in [0.05, 0.1) is 11.3 Å². The van der Waals surface area contributed by atoms with Gasteiger partial charge < -0.3 is 10.2 Å². The Labute approximate surface area is 133 Å². The highest BCUT2D eigenvalue weighted by Crippen LogP contribution is 2.18. The van der Waals surface area contributed by atoms with Gasteiger partial charge in [0, 0.05) is 25.2 Å². The third-order valence-corrected chi connectivity index (χ3v) is 4.32. The Kier molecular flexibility index (Phi) is 5.89. The van der Waals surface area contributed by atoms with Crippen molar-refractivity contribution in [1.82, 2.24) is 20.2 Å². The lowest BCUT2D eigenvalue weighted by molar-refractivity contribution is 0.0947. The summed E-state index contributed by atoms with van der Waals surface area (Å²) >= 11 is 0. The van der Waals surface area contributed by atoms with Crippen LogP contribution in [0.15, 0.2) is 6.20 Å². The molecule has 1 aliphatic heterocycles. The van der Waals surface area contributed by atoms with E-state index in [1.807, 2.05) is 6.92 Å². The monoisotopic (exact) mass is 304 g/mol. The van der Waals surface area contributed by atoms with Crippen LogP contribution in [-0.2, 0) is 0 Å². The molecule has 0 spiro atoms. The molecule has 1 fully saturated rings. The maximum atomic E-state index is 12.3. The maximum Gasteiger partial charge on any atom is 0.254 e. The van der Waals surface area contributed by atoms with Gasteiger partial charge in [-0.3, -0.25) is 4.79 Å². The molecule has 122 valence electrons. The Balaban J connectivity index is 1.84. The lowest BCUT2D eigenvalue weighted by Crippen LogP contribution is -2.34. The van der Waals surface area contributed by atoms with E-state index >= 15 is 0 Å². The van der Waals surface area contributed by atoms with Crippen LogP contribution in [0.2, 0.25) is 0 Å². The second kappa shape index (κ2) is 7.68. The molecule has 0 saturated carbocycles. The summed E-state index contributed by atoms with van der Waals surface area (Å²) in [5, 5.41) is 3.01. The van der Waals surface area contributed by atoms with Crippen LogP contribution in [0.1, 0.15) is 60.9 Å². The largest absolute Gasteiger partial charge is 0.352 e. The second-order valence-corrected chi connectivity index (χ2v) is 6.70. The summed E-state index contributed by atoms with van der Waals surface area (Å²) < 4.78 is 0. The molecule has 0 aliphatic carbocycles. The van der Waals surface area contributed by atoms with Crippen molar-refractivity contribution >= 4 is 5.91 Å². The Morgan fingerprint density at radius 3 is 2.91 bits per heavy atom. The number of carbonyl (C=O) groups is 1. The zero-order valence-corrected chi connectivity index (χ0v) is 14.2. The summed E-state index contributed by atoms with van der Waals surface area (Å²) in [6.45, 7) is 9.04. The fourth-order valence-corrected chi connectivity index (χ4v) is 2.98. The number of hydrogen-bond donors (Lipinski definition) is 1. The van der Waals surface area contributed by atoms with Gasteiger partial charge in [0.15, 0.2) is 0 Å². The van der Waals surface area contributed by atoms with Crippen molar-refractivity contribution in [2.75, 3.05) is 26.7 Å². The number of hydrogen-bond acceptors (Lipinski definition) is 4. The molecule has 1 saturated heterocycles. The van der Waals surface area contributed by atoms with Crippen LogP contribution in [0, 0.1) is 12.8 Å². The van der Waals surface area contributed by atoms with Gasteiger partial charge >= 0.3 is 0 Å². The number of aryl methyl sites for hydroxylation is 1. The fraction of sp³-hybridized carbons (Fsp3) is 0.706. The zero-order chi connectivity index (χ0) is 16.1. The van der Waals surface area contributed by atoms with E-state index in [4.69, 9.17) is 0 Å². The minimum atomic E-state index is -0.0584. The van der Waals surface area contributed by atoms with Crippen molar-refractivity contribution in [2.45, 2.75) is 46.0 Å². The molecule has 1 aliphatic rings. The Hall–Kier alpha value is -1.49. The molecule has 5 heteroatoms. The van der Waals surface area contributed by atoms with E-state index in [0.29, 0.717) is 11.5 Å². The molecule has 1 atom stereocenters. The van der Waals surface area contributed by atoms with Gasteiger partial charge in [0.2, 0.25) is 0 Å². The molecule has 0 aromatic carbocycles. The van der Waals surface area contributed by atoms with E-state index in [2.05, 4.69) is 41.1 Å². The van der Waals surface area contributed by atoms with Crippen LogP contribution in [0.3, 0.4) is 0 Å². The Bertz CT molecular complexity index is 515. The van der Waals surface area contributed by atoms with Gasteiger partial charge in [-0.25, -0.2) is 9.97 Å². The number of nitrogens with zero attached hydrogens (tertiary/aromatic N) is 3. The average Bonchev–Trinajstić information content (AvgIpc) is 2.47. The topological polar surface area (TPSA) is 58.1 Å². The summed E-state index contributed by atoms with van der Waals surface area (Å²) in [5.74, 6) is 1.70. The van der Waals surface area contributed by atoms with Crippen LogP contribution in [0.4, 0.5) is 0 Å². The molecular weight excluding hydrogens is 276 g/mol. The molecule has 0 bridgehead atoms. The van der Waals surface area contributed by atoms with Crippen molar-refractivity contribution in [3.63, 3.8) is 0 Å².